The molecule has 1 aromatic rings. The predicted octanol–water partition coefficient (Wildman–Crippen LogP) is 0.834. The summed E-state index contributed by atoms with van der Waals surface area (Å²) >= 11 is 0. The van der Waals surface area contributed by atoms with Gasteiger partial charge in [0.2, 0.25) is 0 Å². The van der Waals surface area contributed by atoms with E-state index in [1.807, 2.05) is 13.0 Å². The normalized spacial score (nSPS) is 13.4. The fourth-order valence-corrected chi connectivity index (χ4v) is 0.874. The van der Waals surface area contributed by atoms with Crippen LogP contribution in [0.2, 0.25) is 0 Å². The molecule has 0 saturated heterocycles. The van der Waals surface area contributed by atoms with Gasteiger partial charge in [0.1, 0.15) is 11.5 Å². The maximum absolute atomic E-state index is 8.69. The molecule has 0 radical (unpaired) electrons. The van der Waals surface area contributed by atoms with Crippen molar-refractivity contribution in [3.05, 3.63) is 23.7 Å². The summed E-state index contributed by atoms with van der Waals surface area (Å²) in [6.07, 6.45) is 0.859. The van der Waals surface area contributed by atoms with Gasteiger partial charge in [0, 0.05) is 6.42 Å². The molecular weight excluding hydrogens is 142 g/mol. The van der Waals surface area contributed by atoms with Gasteiger partial charge in [0.25, 0.3) is 0 Å². The Morgan fingerprint density at radius 3 is 2.82 bits per heavy atom. The van der Waals surface area contributed by atoms with Crippen molar-refractivity contribution in [3.8, 4) is 0 Å². The molecule has 0 aliphatic carbocycles. The molecule has 0 aliphatic heterocycles. The Kier molecular flexibility index (Phi) is 2.68. The first-order valence-corrected chi connectivity index (χ1v) is 3.73. The van der Waals surface area contributed by atoms with Crippen LogP contribution in [0.5, 0.6) is 0 Å². The first kappa shape index (κ1) is 8.30. The molecular formula is C8H13NO2. The molecule has 1 rings (SSSR count). The molecule has 1 atom stereocenters. The van der Waals surface area contributed by atoms with E-state index in [9.17, 15) is 0 Å². The lowest BCUT2D eigenvalue weighted by atomic mass is 10.2. The lowest BCUT2D eigenvalue weighted by Crippen LogP contribution is -2.13. The van der Waals surface area contributed by atoms with Crippen LogP contribution in [-0.4, -0.2) is 11.7 Å². The predicted molar refractivity (Wildman–Crippen MR) is 42.1 cm³/mol. The standard InChI is InChI=1S/C8H13NO2/c1-2-6-3-4-8(11-6)7(9)5-10/h3-4,7,10H,2,5,9H2,1H3/t7-/m0/s1. The van der Waals surface area contributed by atoms with Crippen molar-refractivity contribution in [2.45, 2.75) is 19.4 Å². The fourth-order valence-electron chi connectivity index (χ4n) is 0.874. The largest absolute Gasteiger partial charge is 0.464 e. The van der Waals surface area contributed by atoms with Crippen molar-refractivity contribution in [2.75, 3.05) is 6.61 Å². The first-order chi connectivity index (χ1) is 5.27. The molecule has 0 aliphatic rings. The number of rotatable bonds is 3. The average molecular weight is 155 g/mol. The molecule has 1 aromatic heterocycles. The smallest absolute Gasteiger partial charge is 0.123 e. The minimum Gasteiger partial charge on any atom is -0.464 e. The quantitative estimate of drug-likeness (QED) is 0.679. The topological polar surface area (TPSA) is 59.4 Å². The van der Waals surface area contributed by atoms with Gasteiger partial charge in [-0.1, -0.05) is 6.92 Å². The first-order valence-electron chi connectivity index (χ1n) is 3.73. The number of aryl methyl sites for hydroxylation is 1. The maximum Gasteiger partial charge on any atom is 0.123 e. The number of hydrogen-bond acceptors (Lipinski definition) is 3. The third-order valence-electron chi connectivity index (χ3n) is 1.59. The summed E-state index contributed by atoms with van der Waals surface area (Å²) in [5.41, 5.74) is 5.52. The second kappa shape index (κ2) is 3.55. The Bertz CT molecular complexity index is 220. The van der Waals surface area contributed by atoms with Crippen molar-refractivity contribution < 1.29 is 9.52 Å². The molecule has 3 heteroatoms. The SMILES string of the molecule is CCc1ccc([C@@H](N)CO)o1. The third kappa shape index (κ3) is 1.82. The van der Waals surface area contributed by atoms with Crippen LogP contribution in [0.25, 0.3) is 0 Å². The van der Waals surface area contributed by atoms with Crippen LogP contribution in [0.3, 0.4) is 0 Å². The number of hydrogen-bond donors (Lipinski definition) is 2. The zero-order valence-electron chi connectivity index (χ0n) is 6.58. The van der Waals surface area contributed by atoms with E-state index >= 15 is 0 Å². The highest BCUT2D eigenvalue weighted by molar-refractivity contribution is 5.10. The average Bonchev–Trinajstić information content (AvgIpc) is 2.50. The van der Waals surface area contributed by atoms with Gasteiger partial charge in [-0.3, -0.25) is 0 Å². The van der Waals surface area contributed by atoms with Gasteiger partial charge in [0.05, 0.1) is 12.6 Å². The van der Waals surface area contributed by atoms with Crippen LogP contribution in [0.15, 0.2) is 16.5 Å². The summed E-state index contributed by atoms with van der Waals surface area (Å²) in [5.74, 6) is 1.56. The van der Waals surface area contributed by atoms with Crippen LogP contribution < -0.4 is 5.73 Å². The highest BCUT2D eigenvalue weighted by atomic mass is 16.3. The fraction of sp³-hybridized carbons (Fsp3) is 0.500. The van der Waals surface area contributed by atoms with Crippen LogP contribution in [0.1, 0.15) is 24.5 Å². The number of aliphatic hydroxyl groups is 1. The summed E-state index contributed by atoms with van der Waals surface area (Å²) in [6.45, 7) is 1.93. The van der Waals surface area contributed by atoms with Crippen LogP contribution in [0, 0.1) is 0 Å². The van der Waals surface area contributed by atoms with E-state index in [0.29, 0.717) is 5.76 Å². The second-order valence-corrected chi connectivity index (χ2v) is 2.45. The summed E-state index contributed by atoms with van der Waals surface area (Å²) in [7, 11) is 0. The van der Waals surface area contributed by atoms with Gasteiger partial charge in [0.15, 0.2) is 0 Å². The van der Waals surface area contributed by atoms with E-state index in [0.717, 1.165) is 12.2 Å². The minimum absolute atomic E-state index is 0.0728. The second-order valence-electron chi connectivity index (χ2n) is 2.45. The highest BCUT2D eigenvalue weighted by Gasteiger charge is 2.08. The molecule has 0 bridgehead atoms. The molecule has 0 amide bonds. The lowest BCUT2D eigenvalue weighted by molar-refractivity contribution is 0.250. The zero-order valence-corrected chi connectivity index (χ0v) is 6.58. The summed E-state index contributed by atoms with van der Waals surface area (Å²) in [4.78, 5) is 0. The van der Waals surface area contributed by atoms with Gasteiger partial charge >= 0.3 is 0 Å². The molecule has 0 saturated carbocycles. The maximum atomic E-state index is 8.69. The monoisotopic (exact) mass is 155 g/mol. The van der Waals surface area contributed by atoms with Gasteiger partial charge in [-0.25, -0.2) is 0 Å². The molecule has 3 N–H and O–H groups in total. The van der Waals surface area contributed by atoms with Crippen molar-refractivity contribution in [3.63, 3.8) is 0 Å². The molecule has 0 unspecified atom stereocenters. The molecule has 0 aromatic carbocycles. The molecule has 3 nitrogen and oxygen atoms in total. The van der Waals surface area contributed by atoms with Crippen molar-refractivity contribution in [1.29, 1.82) is 0 Å². The van der Waals surface area contributed by atoms with Gasteiger partial charge in [-0.2, -0.15) is 0 Å². The summed E-state index contributed by atoms with van der Waals surface area (Å²) in [5, 5.41) is 8.69. The zero-order chi connectivity index (χ0) is 8.27. The van der Waals surface area contributed by atoms with E-state index in [1.165, 1.54) is 0 Å². The lowest BCUT2D eigenvalue weighted by Gasteiger charge is -2.02. The van der Waals surface area contributed by atoms with E-state index in [1.54, 1.807) is 6.07 Å². The van der Waals surface area contributed by atoms with Crippen molar-refractivity contribution in [2.24, 2.45) is 5.73 Å². The van der Waals surface area contributed by atoms with E-state index < -0.39 is 0 Å². The number of aliphatic hydroxyl groups excluding tert-OH is 1. The van der Waals surface area contributed by atoms with Crippen molar-refractivity contribution >= 4 is 0 Å². The molecule has 0 spiro atoms. The Hall–Kier alpha value is -0.800. The Balaban J connectivity index is 2.71. The van der Waals surface area contributed by atoms with Crippen LogP contribution >= 0.6 is 0 Å². The van der Waals surface area contributed by atoms with Crippen LogP contribution in [0.4, 0.5) is 0 Å². The van der Waals surface area contributed by atoms with Gasteiger partial charge < -0.3 is 15.3 Å². The van der Waals surface area contributed by atoms with Gasteiger partial charge in [-0.15, -0.1) is 0 Å². The van der Waals surface area contributed by atoms with E-state index in [4.69, 9.17) is 15.3 Å². The number of nitrogens with two attached hydrogens (primary N) is 1. The summed E-state index contributed by atoms with van der Waals surface area (Å²) in [6, 6.07) is 3.31. The van der Waals surface area contributed by atoms with Crippen molar-refractivity contribution in [1.82, 2.24) is 0 Å². The van der Waals surface area contributed by atoms with Gasteiger partial charge in [-0.05, 0) is 12.1 Å². The highest BCUT2D eigenvalue weighted by Crippen LogP contribution is 2.14. The minimum atomic E-state index is -0.379. The Morgan fingerprint density at radius 1 is 1.64 bits per heavy atom. The Labute approximate surface area is 65.8 Å². The molecule has 11 heavy (non-hydrogen) atoms. The van der Waals surface area contributed by atoms with E-state index in [2.05, 4.69) is 0 Å². The molecule has 1 heterocycles. The molecule has 0 fully saturated rings. The third-order valence-corrected chi connectivity index (χ3v) is 1.59. The molecule has 62 valence electrons. The number of furan rings is 1. The summed E-state index contributed by atoms with van der Waals surface area (Å²) < 4.78 is 5.30. The Morgan fingerprint density at radius 2 is 2.36 bits per heavy atom. The van der Waals surface area contributed by atoms with E-state index in [-0.39, 0.29) is 12.6 Å². The van der Waals surface area contributed by atoms with Crippen LogP contribution in [-0.2, 0) is 6.42 Å².